The Morgan fingerprint density at radius 2 is 1.93 bits per heavy atom. The summed E-state index contributed by atoms with van der Waals surface area (Å²) in [4.78, 5) is 0. The van der Waals surface area contributed by atoms with Crippen LogP contribution in [-0.4, -0.2) is 31.3 Å². The Bertz CT molecular complexity index is 159. The van der Waals surface area contributed by atoms with Crippen molar-refractivity contribution in [3.05, 3.63) is 0 Å². The molecule has 0 N–H and O–H groups in total. The third-order valence-corrected chi connectivity index (χ3v) is 4.55. The van der Waals surface area contributed by atoms with E-state index in [1.165, 1.54) is 32.1 Å². The molecule has 0 heterocycles. The summed E-state index contributed by atoms with van der Waals surface area (Å²) in [7, 11) is 1.72. The van der Waals surface area contributed by atoms with Crippen molar-refractivity contribution in [3.63, 3.8) is 0 Å². The Hall–Kier alpha value is 0.400. The zero-order valence-corrected chi connectivity index (χ0v) is 11.5. The van der Waals surface area contributed by atoms with Gasteiger partial charge in [-0.1, -0.05) is 29.3 Å². The molecule has 2 nitrogen and oxygen atoms in total. The summed E-state index contributed by atoms with van der Waals surface area (Å²) in [5.74, 6) is 0.920. The quantitative estimate of drug-likeness (QED) is 0.548. The summed E-state index contributed by atoms with van der Waals surface area (Å²) in [5.41, 5.74) is 0.0875. The second-order valence-electron chi connectivity index (χ2n) is 4.51. The molecule has 0 unspecified atom stereocenters. The standard InChI is InChI=1S/C12H23BrO2/c1-3-11-4-6-12(10-13,7-5-11)15-9-8-14-2/h11H,3-10H2,1-2H3. The lowest BCUT2D eigenvalue weighted by Gasteiger charge is -2.38. The normalized spacial score (nSPS) is 31.8. The van der Waals surface area contributed by atoms with Crippen LogP contribution in [0, 0.1) is 5.92 Å². The second kappa shape index (κ2) is 6.87. The molecule has 0 aromatic heterocycles. The third kappa shape index (κ3) is 4.04. The Labute approximate surface area is 102 Å². The zero-order chi connectivity index (χ0) is 11.1. The number of rotatable bonds is 6. The van der Waals surface area contributed by atoms with E-state index in [1.54, 1.807) is 7.11 Å². The van der Waals surface area contributed by atoms with Gasteiger partial charge in [-0.15, -0.1) is 0 Å². The van der Waals surface area contributed by atoms with E-state index in [4.69, 9.17) is 9.47 Å². The zero-order valence-electron chi connectivity index (χ0n) is 9.93. The van der Waals surface area contributed by atoms with Gasteiger partial charge in [-0.25, -0.2) is 0 Å². The van der Waals surface area contributed by atoms with Gasteiger partial charge >= 0.3 is 0 Å². The fourth-order valence-corrected chi connectivity index (χ4v) is 2.99. The van der Waals surface area contributed by atoms with Crippen molar-refractivity contribution in [1.29, 1.82) is 0 Å². The van der Waals surface area contributed by atoms with Crippen LogP contribution in [0.4, 0.5) is 0 Å². The SMILES string of the molecule is CCC1CCC(CBr)(OCCOC)CC1. The van der Waals surface area contributed by atoms with Crippen molar-refractivity contribution in [1.82, 2.24) is 0 Å². The first-order chi connectivity index (χ1) is 7.26. The topological polar surface area (TPSA) is 18.5 Å². The lowest BCUT2D eigenvalue weighted by atomic mass is 9.79. The molecule has 90 valence electrons. The van der Waals surface area contributed by atoms with Crippen molar-refractivity contribution >= 4 is 15.9 Å². The number of ether oxygens (including phenoxy) is 2. The summed E-state index contributed by atoms with van der Waals surface area (Å²) in [6, 6.07) is 0. The Morgan fingerprint density at radius 3 is 2.40 bits per heavy atom. The van der Waals surface area contributed by atoms with E-state index >= 15 is 0 Å². The molecule has 15 heavy (non-hydrogen) atoms. The van der Waals surface area contributed by atoms with Gasteiger partial charge in [0.05, 0.1) is 18.8 Å². The van der Waals surface area contributed by atoms with Crippen LogP contribution >= 0.6 is 15.9 Å². The molecule has 1 aliphatic carbocycles. The minimum absolute atomic E-state index is 0.0875. The molecule has 0 saturated heterocycles. The van der Waals surface area contributed by atoms with E-state index < -0.39 is 0 Å². The Morgan fingerprint density at radius 1 is 1.27 bits per heavy atom. The van der Waals surface area contributed by atoms with Crippen molar-refractivity contribution < 1.29 is 9.47 Å². The van der Waals surface area contributed by atoms with Gasteiger partial charge in [0, 0.05) is 12.4 Å². The van der Waals surface area contributed by atoms with Gasteiger partial charge < -0.3 is 9.47 Å². The van der Waals surface area contributed by atoms with Gasteiger partial charge in [-0.2, -0.15) is 0 Å². The summed E-state index contributed by atoms with van der Waals surface area (Å²) >= 11 is 3.60. The largest absolute Gasteiger partial charge is 0.382 e. The minimum Gasteiger partial charge on any atom is -0.382 e. The lowest BCUT2D eigenvalue weighted by Crippen LogP contribution is -2.39. The van der Waals surface area contributed by atoms with Crippen molar-refractivity contribution in [2.45, 2.75) is 44.6 Å². The monoisotopic (exact) mass is 278 g/mol. The highest BCUT2D eigenvalue weighted by Crippen LogP contribution is 2.37. The highest BCUT2D eigenvalue weighted by molar-refractivity contribution is 9.09. The molecule has 0 aromatic rings. The first kappa shape index (κ1) is 13.5. The highest BCUT2D eigenvalue weighted by atomic mass is 79.9. The average molecular weight is 279 g/mol. The van der Waals surface area contributed by atoms with E-state index in [0.29, 0.717) is 6.61 Å². The summed E-state index contributed by atoms with van der Waals surface area (Å²) in [6.07, 6.45) is 6.33. The second-order valence-corrected chi connectivity index (χ2v) is 5.07. The summed E-state index contributed by atoms with van der Waals surface area (Å²) < 4.78 is 11.0. The van der Waals surface area contributed by atoms with Crippen molar-refractivity contribution in [2.75, 3.05) is 25.7 Å². The lowest BCUT2D eigenvalue weighted by molar-refractivity contribution is -0.0746. The molecule has 0 atom stereocenters. The Balaban J connectivity index is 2.34. The molecule has 0 aliphatic heterocycles. The molecule has 0 radical (unpaired) electrons. The van der Waals surface area contributed by atoms with E-state index in [9.17, 15) is 0 Å². The highest BCUT2D eigenvalue weighted by Gasteiger charge is 2.34. The predicted molar refractivity (Wildman–Crippen MR) is 66.6 cm³/mol. The molecule has 0 spiro atoms. The van der Waals surface area contributed by atoms with E-state index in [0.717, 1.165) is 17.9 Å². The van der Waals surface area contributed by atoms with Gasteiger partial charge in [-0.3, -0.25) is 0 Å². The van der Waals surface area contributed by atoms with Crippen LogP contribution in [0.15, 0.2) is 0 Å². The van der Waals surface area contributed by atoms with Gasteiger partial charge in [0.1, 0.15) is 0 Å². The first-order valence-corrected chi connectivity index (χ1v) is 7.07. The van der Waals surface area contributed by atoms with Gasteiger partial charge in [0.25, 0.3) is 0 Å². The van der Waals surface area contributed by atoms with Gasteiger partial charge in [-0.05, 0) is 31.6 Å². The summed E-state index contributed by atoms with van der Waals surface area (Å²) in [5, 5.41) is 0.958. The fourth-order valence-electron chi connectivity index (χ4n) is 2.27. The first-order valence-electron chi connectivity index (χ1n) is 5.95. The predicted octanol–water partition coefficient (Wildman–Crippen LogP) is 3.38. The van der Waals surface area contributed by atoms with Crippen LogP contribution in [0.2, 0.25) is 0 Å². The molecule has 1 saturated carbocycles. The van der Waals surface area contributed by atoms with Crippen molar-refractivity contribution in [3.8, 4) is 0 Å². The van der Waals surface area contributed by atoms with Crippen LogP contribution in [0.5, 0.6) is 0 Å². The van der Waals surface area contributed by atoms with E-state index in [2.05, 4.69) is 22.9 Å². The number of methoxy groups -OCH3 is 1. The average Bonchev–Trinajstić information content (AvgIpc) is 2.30. The number of halogens is 1. The van der Waals surface area contributed by atoms with Gasteiger partial charge in [0.15, 0.2) is 0 Å². The maximum atomic E-state index is 5.98. The summed E-state index contributed by atoms with van der Waals surface area (Å²) in [6.45, 7) is 3.71. The van der Waals surface area contributed by atoms with E-state index in [1.807, 2.05) is 0 Å². The van der Waals surface area contributed by atoms with Crippen LogP contribution in [-0.2, 0) is 9.47 Å². The molecule has 0 bridgehead atoms. The third-order valence-electron chi connectivity index (χ3n) is 3.53. The number of alkyl halides is 1. The molecule has 1 fully saturated rings. The van der Waals surface area contributed by atoms with Crippen molar-refractivity contribution in [2.24, 2.45) is 5.92 Å². The van der Waals surface area contributed by atoms with Crippen LogP contribution in [0.3, 0.4) is 0 Å². The minimum atomic E-state index is 0.0875. The molecule has 3 heteroatoms. The molecule has 1 aliphatic rings. The van der Waals surface area contributed by atoms with Gasteiger partial charge in [0.2, 0.25) is 0 Å². The maximum Gasteiger partial charge on any atom is 0.0780 e. The molecular formula is C12H23BrO2. The van der Waals surface area contributed by atoms with E-state index in [-0.39, 0.29) is 5.60 Å². The smallest absolute Gasteiger partial charge is 0.0780 e. The molecule has 1 rings (SSSR count). The Kier molecular flexibility index (Phi) is 6.17. The molecule has 0 aromatic carbocycles. The molecular weight excluding hydrogens is 256 g/mol. The number of hydrogen-bond acceptors (Lipinski definition) is 2. The maximum absolute atomic E-state index is 5.98. The molecule has 0 amide bonds. The number of hydrogen-bond donors (Lipinski definition) is 0. The van der Waals surface area contributed by atoms with Crippen LogP contribution < -0.4 is 0 Å². The fraction of sp³-hybridized carbons (Fsp3) is 1.00. The van der Waals surface area contributed by atoms with Crippen LogP contribution in [0.25, 0.3) is 0 Å². The van der Waals surface area contributed by atoms with Crippen LogP contribution in [0.1, 0.15) is 39.0 Å².